The van der Waals surface area contributed by atoms with Crippen molar-refractivity contribution >= 4 is 5.69 Å². The third-order valence-corrected chi connectivity index (χ3v) is 5.34. The molecule has 1 heterocycles. The van der Waals surface area contributed by atoms with Crippen LogP contribution in [-0.2, 0) is 6.54 Å². The highest BCUT2D eigenvalue weighted by atomic mass is 15.2. The van der Waals surface area contributed by atoms with Crippen molar-refractivity contribution in [2.75, 3.05) is 18.0 Å². The van der Waals surface area contributed by atoms with Gasteiger partial charge in [0, 0.05) is 30.9 Å². The Balaban J connectivity index is 1.84. The van der Waals surface area contributed by atoms with Crippen LogP contribution in [0.4, 0.5) is 5.69 Å². The number of anilines is 1. The average Bonchev–Trinajstić information content (AvgIpc) is 3.32. The van der Waals surface area contributed by atoms with Gasteiger partial charge in [-0.15, -0.1) is 0 Å². The second kappa shape index (κ2) is 5.77. The SMILES string of the molecule is CCC1(CC)CN(CCC2CC2)c2ccccc2CN1. The lowest BCUT2D eigenvalue weighted by Gasteiger charge is -2.36. The molecule has 2 heteroatoms. The molecule has 0 bridgehead atoms. The van der Waals surface area contributed by atoms with E-state index in [9.17, 15) is 0 Å². The summed E-state index contributed by atoms with van der Waals surface area (Å²) in [5.74, 6) is 1.01. The molecule has 0 amide bonds. The van der Waals surface area contributed by atoms with Gasteiger partial charge >= 0.3 is 0 Å². The molecule has 1 aromatic carbocycles. The number of rotatable bonds is 5. The third-order valence-electron chi connectivity index (χ3n) is 5.34. The third kappa shape index (κ3) is 2.85. The molecule has 2 aliphatic rings. The van der Waals surface area contributed by atoms with E-state index in [0.29, 0.717) is 0 Å². The van der Waals surface area contributed by atoms with Gasteiger partial charge in [-0.25, -0.2) is 0 Å². The van der Waals surface area contributed by atoms with Gasteiger partial charge in [0.2, 0.25) is 0 Å². The summed E-state index contributed by atoms with van der Waals surface area (Å²) in [5.41, 5.74) is 3.21. The maximum atomic E-state index is 3.84. The zero-order valence-corrected chi connectivity index (χ0v) is 13.0. The van der Waals surface area contributed by atoms with Crippen LogP contribution in [0.15, 0.2) is 24.3 Å². The minimum atomic E-state index is 0.280. The van der Waals surface area contributed by atoms with Crippen LogP contribution in [0.2, 0.25) is 0 Å². The maximum absolute atomic E-state index is 3.84. The summed E-state index contributed by atoms with van der Waals surface area (Å²) < 4.78 is 0. The summed E-state index contributed by atoms with van der Waals surface area (Å²) in [6.07, 6.45) is 6.70. The fourth-order valence-corrected chi connectivity index (χ4v) is 3.43. The summed E-state index contributed by atoms with van der Waals surface area (Å²) in [6.45, 7) is 8.05. The van der Waals surface area contributed by atoms with E-state index in [1.807, 2.05) is 0 Å². The molecule has 1 fully saturated rings. The van der Waals surface area contributed by atoms with Crippen LogP contribution < -0.4 is 10.2 Å². The van der Waals surface area contributed by atoms with E-state index in [1.54, 1.807) is 0 Å². The van der Waals surface area contributed by atoms with Crippen molar-refractivity contribution in [2.24, 2.45) is 5.92 Å². The van der Waals surface area contributed by atoms with Crippen molar-refractivity contribution in [3.63, 3.8) is 0 Å². The van der Waals surface area contributed by atoms with E-state index in [1.165, 1.54) is 49.9 Å². The van der Waals surface area contributed by atoms with Gasteiger partial charge in [-0.1, -0.05) is 44.9 Å². The molecule has 0 radical (unpaired) electrons. The molecule has 1 aliphatic carbocycles. The minimum absolute atomic E-state index is 0.280. The molecule has 1 aromatic rings. The molecular weight excluding hydrogens is 244 g/mol. The van der Waals surface area contributed by atoms with Crippen LogP contribution in [0.1, 0.15) is 51.5 Å². The Kier molecular flexibility index (Phi) is 4.02. The Bertz CT molecular complexity index is 446. The van der Waals surface area contributed by atoms with E-state index < -0.39 is 0 Å². The number of fused-ring (bicyclic) bond motifs is 1. The van der Waals surface area contributed by atoms with Crippen molar-refractivity contribution < 1.29 is 0 Å². The largest absolute Gasteiger partial charge is 0.369 e. The molecule has 2 nitrogen and oxygen atoms in total. The van der Waals surface area contributed by atoms with Crippen molar-refractivity contribution in [1.82, 2.24) is 5.32 Å². The number of nitrogens with zero attached hydrogens (tertiary/aromatic N) is 1. The monoisotopic (exact) mass is 272 g/mol. The van der Waals surface area contributed by atoms with Crippen LogP contribution in [0, 0.1) is 5.92 Å². The van der Waals surface area contributed by atoms with Crippen LogP contribution >= 0.6 is 0 Å². The highest BCUT2D eigenvalue weighted by Crippen LogP contribution is 2.35. The van der Waals surface area contributed by atoms with Crippen LogP contribution in [0.3, 0.4) is 0 Å². The molecule has 0 saturated heterocycles. The number of para-hydroxylation sites is 1. The van der Waals surface area contributed by atoms with E-state index >= 15 is 0 Å². The van der Waals surface area contributed by atoms with Crippen molar-refractivity contribution in [3.8, 4) is 0 Å². The summed E-state index contributed by atoms with van der Waals surface area (Å²) in [4.78, 5) is 2.65. The summed E-state index contributed by atoms with van der Waals surface area (Å²) >= 11 is 0. The Labute approximate surface area is 123 Å². The first-order valence-electron chi connectivity index (χ1n) is 8.34. The molecule has 3 rings (SSSR count). The quantitative estimate of drug-likeness (QED) is 0.873. The van der Waals surface area contributed by atoms with Crippen molar-refractivity contribution in [2.45, 2.75) is 58.0 Å². The standard InChI is InChI=1S/C18H28N2/c1-3-18(4-2)14-20(12-11-15-9-10-15)17-8-6-5-7-16(17)13-19-18/h5-8,15,19H,3-4,9-14H2,1-2H3. The van der Waals surface area contributed by atoms with E-state index in [2.05, 4.69) is 48.3 Å². The molecule has 1 N–H and O–H groups in total. The van der Waals surface area contributed by atoms with Gasteiger partial charge in [-0.2, -0.15) is 0 Å². The number of benzene rings is 1. The topological polar surface area (TPSA) is 15.3 Å². The Hall–Kier alpha value is -1.02. The lowest BCUT2D eigenvalue weighted by Crippen LogP contribution is -2.51. The molecule has 1 aliphatic heterocycles. The highest BCUT2D eigenvalue weighted by Gasteiger charge is 2.32. The molecule has 0 aromatic heterocycles. The second-order valence-electron chi connectivity index (χ2n) is 6.62. The number of hydrogen-bond donors (Lipinski definition) is 1. The maximum Gasteiger partial charge on any atom is 0.0412 e. The van der Waals surface area contributed by atoms with Gasteiger partial charge in [0.05, 0.1) is 0 Å². The summed E-state index contributed by atoms with van der Waals surface area (Å²) in [6, 6.07) is 8.96. The van der Waals surface area contributed by atoms with Crippen LogP contribution in [-0.4, -0.2) is 18.6 Å². The summed E-state index contributed by atoms with van der Waals surface area (Å²) in [5, 5.41) is 3.84. The minimum Gasteiger partial charge on any atom is -0.369 e. The second-order valence-corrected chi connectivity index (χ2v) is 6.62. The summed E-state index contributed by atoms with van der Waals surface area (Å²) in [7, 11) is 0. The van der Waals surface area contributed by atoms with E-state index in [0.717, 1.165) is 19.0 Å². The first-order chi connectivity index (χ1) is 9.76. The van der Waals surface area contributed by atoms with E-state index in [4.69, 9.17) is 0 Å². The van der Waals surface area contributed by atoms with Crippen LogP contribution in [0.25, 0.3) is 0 Å². The Morgan fingerprint density at radius 1 is 1.20 bits per heavy atom. The highest BCUT2D eigenvalue weighted by molar-refractivity contribution is 5.55. The van der Waals surface area contributed by atoms with Crippen molar-refractivity contribution in [1.29, 1.82) is 0 Å². The number of hydrogen-bond acceptors (Lipinski definition) is 2. The van der Waals surface area contributed by atoms with Gasteiger partial charge < -0.3 is 10.2 Å². The fourth-order valence-electron chi connectivity index (χ4n) is 3.43. The van der Waals surface area contributed by atoms with Gasteiger partial charge in [0.15, 0.2) is 0 Å². The average molecular weight is 272 g/mol. The first kappa shape index (κ1) is 13.9. The predicted octanol–water partition coefficient (Wildman–Crippen LogP) is 3.96. The lowest BCUT2D eigenvalue weighted by molar-refractivity contribution is 0.306. The molecular formula is C18H28N2. The Morgan fingerprint density at radius 3 is 2.65 bits per heavy atom. The molecule has 0 unspecified atom stereocenters. The first-order valence-corrected chi connectivity index (χ1v) is 8.34. The zero-order chi connectivity index (χ0) is 14.0. The van der Waals surface area contributed by atoms with E-state index in [-0.39, 0.29) is 5.54 Å². The van der Waals surface area contributed by atoms with Gasteiger partial charge in [-0.05, 0) is 36.8 Å². The lowest BCUT2D eigenvalue weighted by atomic mass is 9.92. The predicted molar refractivity (Wildman–Crippen MR) is 86.1 cm³/mol. The zero-order valence-electron chi connectivity index (χ0n) is 13.0. The Morgan fingerprint density at radius 2 is 1.95 bits per heavy atom. The van der Waals surface area contributed by atoms with Crippen molar-refractivity contribution in [3.05, 3.63) is 29.8 Å². The molecule has 20 heavy (non-hydrogen) atoms. The van der Waals surface area contributed by atoms with Crippen LogP contribution in [0.5, 0.6) is 0 Å². The normalized spacial score (nSPS) is 21.4. The molecule has 110 valence electrons. The smallest absolute Gasteiger partial charge is 0.0412 e. The molecule has 1 saturated carbocycles. The van der Waals surface area contributed by atoms with Gasteiger partial charge in [0.25, 0.3) is 0 Å². The van der Waals surface area contributed by atoms with Gasteiger partial charge in [0.1, 0.15) is 0 Å². The molecule has 0 spiro atoms. The number of nitrogens with one attached hydrogen (secondary N) is 1. The fraction of sp³-hybridized carbons (Fsp3) is 0.667. The van der Waals surface area contributed by atoms with Gasteiger partial charge in [-0.3, -0.25) is 0 Å². The molecule has 0 atom stereocenters.